The van der Waals surface area contributed by atoms with Gasteiger partial charge in [-0.3, -0.25) is 0 Å². The first kappa shape index (κ1) is 12.4. The number of nitrogens with two attached hydrogens (primary N) is 1. The molecule has 2 N–H and O–H groups in total. The number of rotatable bonds is 3. The van der Waals surface area contributed by atoms with Gasteiger partial charge in [-0.25, -0.2) is 0 Å². The lowest BCUT2D eigenvalue weighted by Crippen LogP contribution is -2.43. The predicted molar refractivity (Wildman–Crippen MR) is 74.0 cm³/mol. The Morgan fingerprint density at radius 1 is 1.24 bits per heavy atom. The van der Waals surface area contributed by atoms with Crippen molar-refractivity contribution < 1.29 is 0 Å². The summed E-state index contributed by atoms with van der Waals surface area (Å²) < 4.78 is 0. The molecule has 2 heteroatoms. The molecule has 0 aromatic heterocycles. The first-order valence-electron chi connectivity index (χ1n) is 6.75. The molecule has 0 saturated carbocycles. The summed E-state index contributed by atoms with van der Waals surface area (Å²) in [6, 6.07) is 9.02. The van der Waals surface area contributed by atoms with Crippen molar-refractivity contribution in [3.63, 3.8) is 0 Å². The van der Waals surface area contributed by atoms with Gasteiger partial charge < -0.3 is 10.6 Å². The summed E-state index contributed by atoms with van der Waals surface area (Å²) in [5, 5.41) is 0. The normalized spacial score (nSPS) is 26.0. The monoisotopic (exact) mass is 232 g/mol. The number of likely N-dealkylation sites (tertiary alicyclic amines) is 1. The molecule has 1 aromatic carbocycles. The zero-order valence-corrected chi connectivity index (χ0v) is 11.0. The molecule has 94 valence electrons. The summed E-state index contributed by atoms with van der Waals surface area (Å²) in [6.45, 7) is 7.18. The van der Waals surface area contributed by atoms with E-state index in [9.17, 15) is 0 Å². The van der Waals surface area contributed by atoms with Crippen molar-refractivity contribution in [3.8, 4) is 0 Å². The van der Waals surface area contributed by atoms with Crippen molar-refractivity contribution in [3.05, 3.63) is 29.8 Å². The topological polar surface area (TPSA) is 29.3 Å². The van der Waals surface area contributed by atoms with E-state index in [1.165, 1.54) is 31.5 Å². The van der Waals surface area contributed by atoms with Crippen LogP contribution in [0.1, 0.15) is 32.3 Å². The molecule has 1 aliphatic heterocycles. The van der Waals surface area contributed by atoms with Gasteiger partial charge in [-0.2, -0.15) is 0 Å². The van der Waals surface area contributed by atoms with Crippen molar-refractivity contribution in [2.24, 2.45) is 5.92 Å². The Morgan fingerprint density at radius 3 is 2.65 bits per heavy atom. The van der Waals surface area contributed by atoms with E-state index >= 15 is 0 Å². The molecule has 1 aromatic rings. The Hall–Kier alpha value is -1.02. The van der Waals surface area contributed by atoms with Gasteiger partial charge in [0.2, 0.25) is 0 Å². The van der Waals surface area contributed by atoms with Gasteiger partial charge in [-0.1, -0.05) is 19.1 Å². The van der Waals surface area contributed by atoms with Crippen LogP contribution in [0.4, 0.5) is 5.69 Å². The number of nitrogen functional groups attached to an aromatic ring is 1. The number of nitrogens with zero attached hydrogens (tertiary/aromatic N) is 1. The fourth-order valence-electron chi connectivity index (χ4n) is 2.69. The second-order valence-electron chi connectivity index (χ2n) is 5.39. The minimum absolute atomic E-state index is 0.734. The molecule has 2 rings (SSSR count). The molecule has 17 heavy (non-hydrogen) atoms. The fraction of sp³-hybridized carbons (Fsp3) is 0.600. The Bertz CT molecular complexity index is 344. The van der Waals surface area contributed by atoms with Crippen molar-refractivity contribution >= 4 is 5.69 Å². The van der Waals surface area contributed by atoms with E-state index in [0.717, 1.165) is 24.1 Å². The molecule has 0 aliphatic carbocycles. The van der Waals surface area contributed by atoms with Crippen LogP contribution in [-0.4, -0.2) is 24.0 Å². The number of hydrogen-bond acceptors (Lipinski definition) is 2. The Morgan fingerprint density at radius 2 is 1.94 bits per heavy atom. The highest BCUT2D eigenvalue weighted by Crippen LogP contribution is 2.22. The van der Waals surface area contributed by atoms with E-state index in [0.29, 0.717) is 0 Å². The second kappa shape index (κ2) is 5.54. The third-order valence-electron chi connectivity index (χ3n) is 4.17. The molecule has 0 amide bonds. The van der Waals surface area contributed by atoms with Crippen molar-refractivity contribution in [2.75, 3.05) is 18.8 Å². The highest BCUT2D eigenvalue weighted by atomic mass is 15.2. The summed E-state index contributed by atoms with van der Waals surface area (Å²) in [7, 11) is 0. The average Bonchev–Trinajstić information content (AvgIpc) is 2.33. The average molecular weight is 232 g/mol. The molecule has 1 fully saturated rings. The maximum atomic E-state index is 5.70. The van der Waals surface area contributed by atoms with E-state index in [-0.39, 0.29) is 0 Å². The quantitative estimate of drug-likeness (QED) is 0.812. The summed E-state index contributed by atoms with van der Waals surface area (Å²) in [5.41, 5.74) is 7.94. The van der Waals surface area contributed by atoms with E-state index < -0.39 is 0 Å². The first-order chi connectivity index (χ1) is 8.16. The summed E-state index contributed by atoms with van der Waals surface area (Å²) in [4.78, 5) is 2.63. The lowest BCUT2D eigenvalue weighted by atomic mass is 9.92. The molecule has 0 bridgehead atoms. The van der Waals surface area contributed by atoms with E-state index in [4.69, 9.17) is 5.73 Å². The van der Waals surface area contributed by atoms with Gasteiger partial charge in [0.15, 0.2) is 0 Å². The van der Waals surface area contributed by atoms with Crippen LogP contribution in [0.3, 0.4) is 0 Å². The van der Waals surface area contributed by atoms with Crippen LogP contribution in [0.15, 0.2) is 24.3 Å². The zero-order valence-electron chi connectivity index (χ0n) is 11.0. The van der Waals surface area contributed by atoms with Crippen LogP contribution in [0.2, 0.25) is 0 Å². The van der Waals surface area contributed by atoms with E-state index in [1.54, 1.807) is 0 Å². The minimum Gasteiger partial charge on any atom is -0.399 e. The van der Waals surface area contributed by atoms with Gasteiger partial charge >= 0.3 is 0 Å². The molecule has 2 unspecified atom stereocenters. The van der Waals surface area contributed by atoms with Gasteiger partial charge in [0, 0.05) is 18.3 Å². The van der Waals surface area contributed by atoms with Crippen LogP contribution in [0.25, 0.3) is 0 Å². The number of benzene rings is 1. The number of anilines is 1. The lowest BCUT2D eigenvalue weighted by molar-refractivity contribution is 0.115. The molecule has 2 nitrogen and oxygen atoms in total. The van der Waals surface area contributed by atoms with Crippen LogP contribution in [-0.2, 0) is 6.42 Å². The summed E-state index contributed by atoms with van der Waals surface area (Å²) >= 11 is 0. The van der Waals surface area contributed by atoms with Gasteiger partial charge in [0.25, 0.3) is 0 Å². The van der Waals surface area contributed by atoms with Gasteiger partial charge in [0.05, 0.1) is 0 Å². The molecule has 1 heterocycles. The zero-order chi connectivity index (χ0) is 12.3. The third-order valence-corrected chi connectivity index (χ3v) is 4.17. The highest BCUT2D eigenvalue weighted by molar-refractivity contribution is 5.39. The van der Waals surface area contributed by atoms with Crippen molar-refractivity contribution in [1.29, 1.82) is 0 Å². The molecular formula is C15H24N2. The van der Waals surface area contributed by atoms with Gasteiger partial charge in [-0.15, -0.1) is 0 Å². The van der Waals surface area contributed by atoms with E-state index in [2.05, 4.69) is 30.9 Å². The van der Waals surface area contributed by atoms with Crippen LogP contribution < -0.4 is 5.73 Å². The van der Waals surface area contributed by atoms with Crippen molar-refractivity contribution in [1.82, 2.24) is 4.90 Å². The van der Waals surface area contributed by atoms with Crippen LogP contribution in [0, 0.1) is 5.92 Å². The highest BCUT2D eigenvalue weighted by Gasteiger charge is 2.23. The summed E-state index contributed by atoms with van der Waals surface area (Å²) in [6.07, 6.45) is 3.88. The maximum absolute atomic E-state index is 5.70. The lowest BCUT2D eigenvalue weighted by Gasteiger charge is -2.38. The molecule has 0 radical (unpaired) electrons. The van der Waals surface area contributed by atoms with Gasteiger partial charge in [-0.05, 0) is 56.3 Å². The smallest absolute Gasteiger partial charge is 0.0314 e. The Balaban J connectivity index is 1.87. The van der Waals surface area contributed by atoms with Crippen LogP contribution >= 0.6 is 0 Å². The number of piperidine rings is 1. The predicted octanol–water partition coefficient (Wildman–Crippen LogP) is 2.93. The molecule has 1 saturated heterocycles. The Kier molecular flexibility index (Phi) is 4.06. The standard InChI is InChI=1S/C15H24N2/c1-12-4-3-10-17(13(12)2)11-9-14-5-7-15(16)8-6-14/h5-8,12-13H,3-4,9-11,16H2,1-2H3. The molecule has 2 atom stereocenters. The third kappa shape index (κ3) is 3.22. The maximum Gasteiger partial charge on any atom is 0.0314 e. The second-order valence-corrected chi connectivity index (χ2v) is 5.39. The SMILES string of the molecule is CC1CCCN(CCc2ccc(N)cc2)C1C. The Labute approximate surface area is 105 Å². The largest absolute Gasteiger partial charge is 0.399 e. The molecular weight excluding hydrogens is 208 g/mol. The molecule has 0 spiro atoms. The van der Waals surface area contributed by atoms with Crippen LogP contribution in [0.5, 0.6) is 0 Å². The van der Waals surface area contributed by atoms with Gasteiger partial charge in [0.1, 0.15) is 0 Å². The molecule has 1 aliphatic rings. The van der Waals surface area contributed by atoms with E-state index in [1.807, 2.05) is 12.1 Å². The fourth-order valence-corrected chi connectivity index (χ4v) is 2.69. The minimum atomic E-state index is 0.734. The first-order valence-corrected chi connectivity index (χ1v) is 6.75. The van der Waals surface area contributed by atoms with Crippen molar-refractivity contribution in [2.45, 2.75) is 39.2 Å². The summed E-state index contributed by atoms with van der Waals surface area (Å²) in [5.74, 6) is 0.843. The number of hydrogen-bond donors (Lipinski definition) is 1.